The first-order valence-corrected chi connectivity index (χ1v) is 7.97. The number of hydrogen-bond acceptors (Lipinski definition) is 3. The van der Waals surface area contributed by atoms with Crippen molar-refractivity contribution in [1.82, 2.24) is 0 Å². The summed E-state index contributed by atoms with van der Waals surface area (Å²) < 4.78 is 17.3. The highest BCUT2D eigenvalue weighted by molar-refractivity contribution is 6.21. The molecule has 1 saturated heterocycles. The summed E-state index contributed by atoms with van der Waals surface area (Å²) in [6, 6.07) is 0. The van der Waals surface area contributed by atoms with E-state index in [0.717, 1.165) is 12.8 Å². The average Bonchev–Trinajstić information content (AvgIpc) is 2.89. The van der Waals surface area contributed by atoms with Crippen LogP contribution in [0.2, 0.25) is 0 Å². The molecule has 0 unspecified atom stereocenters. The molecular weight excluding hydrogens is 287 g/mol. The van der Waals surface area contributed by atoms with Gasteiger partial charge < -0.3 is 14.2 Å². The molecule has 0 aromatic carbocycles. The molecule has 2 rings (SSSR count). The van der Waals surface area contributed by atoms with Crippen molar-refractivity contribution in [3.8, 4) is 0 Å². The predicted octanol–water partition coefficient (Wildman–Crippen LogP) is 3.19. The predicted molar refractivity (Wildman–Crippen MR) is 76.8 cm³/mol. The Morgan fingerprint density at radius 2 is 2.00 bits per heavy atom. The van der Waals surface area contributed by atoms with Crippen LogP contribution in [-0.2, 0) is 14.2 Å². The van der Waals surface area contributed by atoms with Crippen molar-refractivity contribution in [2.24, 2.45) is 11.8 Å². The van der Waals surface area contributed by atoms with Gasteiger partial charge in [0.05, 0.1) is 19.3 Å². The van der Waals surface area contributed by atoms with Crippen LogP contribution in [0.5, 0.6) is 0 Å². The van der Waals surface area contributed by atoms with Crippen LogP contribution < -0.4 is 0 Å². The Balaban J connectivity index is 1.75. The summed E-state index contributed by atoms with van der Waals surface area (Å²) in [5, 5.41) is 0. The van der Waals surface area contributed by atoms with Gasteiger partial charge in [-0.2, -0.15) is 0 Å². The minimum Gasteiger partial charge on any atom is -0.373 e. The molecule has 19 heavy (non-hydrogen) atoms. The number of rotatable bonds is 6. The van der Waals surface area contributed by atoms with Crippen LogP contribution >= 0.6 is 23.2 Å². The van der Waals surface area contributed by atoms with Crippen LogP contribution in [0.15, 0.2) is 12.2 Å². The van der Waals surface area contributed by atoms with Gasteiger partial charge in [-0.25, -0.2) is 0 Å². The number of allylic oxidation sites excluding steroid dienone is 2. The molecule has 1 aliphatic heterocycles. The van der Waals surface area contributed by atoms with E-state index < -0.39 is 0 Å². The van der Waals surface area contributed by atoms with E-state index in [1.165, 1.54) is 0 Å². The van der Waals surface area contributed by atoms with Gasteiger partial charge >= 0.3 is 0 Å². The highest BCUT2D eigenvalue weighted by atomic mass is 35.5. The molecule has 0 bridgehead atoms. The summed E-state index contributed by atoms with van der Waals surface area (Å²) in [4.78, 5) is 0. The van der Waals surface area contributed by atoms with Gasteiger partial charge in [0.15, 0.2) is 6.29 Å². The van der Waals surface area contributed by atoms with E-state index in [4.69, 9.17) is 37.4 Å². The maximum absolute atomic E-state index is 5.94. The van der Waals surface area contributed by atoms with E-state index in [-0.39, 0.29) is 18.5 Å². The lowest BCUT2D eigenvalue weighted by molar-refractivity contribution is -0.119. The van der Waals surface area contributed by atoms with Crippen LogP contribution in [0, 0.1) is 11.8 Å². The van der Waals surface area contributed by atoms with Gasteiger partial charge in [0, 0.05) is 17.7 Å². The quantitative estimate of drug-likeness (QED) is 0.557. The van der Waals surface area contributed by atoms with Crippen molar-refractivity contribution in [3.63, 3.8) is 0 Å². The van der Waals surface area contributed by atoms with Crippen LogP contribution in [0.3, 0.4) is 0 Å². The van der Waals surface area contributed by atoms with E-state index in [0.29, 0.717) is 36.8 Å². The summed E-state index contributed by atoms with van der Waals surface area (Å²) in [5.41, 5.74) is 0. The molecule has 0 spiro atoms. The van der Waals surface area contributed by atoms with E-state index in [1.54, 1.807) is 0 Å². The Kier molecular flexibility index (Phi) is 6.43. The van der Waals surface area contributed by atoms with Gasteiger partial charge in [-0.05, 0) is 18.8 Å². The Morgan fingerprint density at radius 3 is 2.68 bits per heavy atom. The second kappa shape index (κ2) is 7.84. The number of halogens is 2. The molecule has 0 aromatic heterocycles. The molecule has 2 aliphatic rings. The second-order valence-corrected chi connectivity index (χ2v) is 5.92. The number of hydrogen-bond donors (Lipinski definition) is 0. The minimum absolute atomic E-state index is 0.00274. The first-order chi connectivity index (χ1) is 9.24. The smallest absolute Gasteiger partial charge is 0.161 e. The molecule has 1 heterocycles. The van der Waals surface area contributed by atoms with E-state index in [2.05, 4.69) is 19.1 Å². The SMILES string of the molecule is C[C@@H]1CC=CC[C@@H]1[C@@H]1OC[C@H](COC(CCl)CCl)O1. The molecule has 1 aliphatic carbocycles. The Hall–Kier alpha value is 0.200. The molecule has 0 amide bonds. The Bertz CT molecular complexity index is 294. The molecular formula is C14H22Cl2O3. The van der Waals surface area contributed by atoms with Crippen LogP contribution in [0.4, 0.5) is 0 Å². The third kappa shape index (κ3) is 4.33. The zero-order valence-corrected chi connectivity index (χ0v) is 12.8. The third-order valence-electron chi connectivity index (χ3n) is 3.80. The first-order valence-electron chi connectivity index (χ1n) is 6.90. The highest BCUT2D eigenvalue weighted by Gasteiger charge is 2.35. The lowest BCUT2D eigenvalue weighted by atomic mass is 9.84. The van der Waals surface area contributed by atoms with Crippen molar-refractivity contribution in [3.05, 3.63) is 12.2 Å². The Labute approximate surface area is 125 Å². The summed E-state index contributed by atoms with van der Waals surface area (Å²) >= 11 is 11.5. The van der Waals surface area contributed by atoms with Gasteiger partial charge in [-0.1, -0.05) is 19.1 Å². The van der Waals surface area contributed by atoms with Crippen molar-refractivity contribution >= 4 is 23.2 Å². The fourth-order valence-electron chi connectivity index (χ4n) is 2.51. The minimum atomic E-state index is -0.109. The van der Waals surface area contributed by atoms with E-state index in [9.17, 15) is 0 Å². The third-order valence-corrected chi connectivity index (χ3v) is 4.49. The maximum atomic E-state index is 5.94. The standard InChI is InChI=1S/C14H22Cl2O3/c1-10-4-2-3-5-13(10)14-18-9-12(19-14)8-17-11(6-15)7-16/h2-3,10-14H,4-9H2,1H3/t10-,12+,13+,14-/m1/s1. The van der Waals surface area contributed by atoms with Crippen LogP contribution in [-0.4, -0.2) is 43.5 Å². The van der Waals surface area contributed by atoms with Crippen molar-refractivity contribution < 1.29 is 14.2 Å². The largest absolute Gasteiger partial charge is 0.373 e. The summed E-state index contributed by atoms with van der Waals surface area (Å²) in [6.07, 6.45) is 6.39. The highest BCUT2D eigenvalue weighted by Crippen LogP contribution is 2.33. The van der Waals surface area contributed by atoms with Crippen molar-refractivity contribution in [2.45, 2.75) is 38.3 Å². The van der Waals surface area contributed by atoms with Crippen molar-refractivity contribution in [2.75, 3.05) is 25.0 Å². The van der Waals surface area contributed by atoms with Crippen LogP contribution in [0.25, 0.3) is 0 Å². The van der Waals surface area contributed by atoms with Crippen molar-refractivity contribution in [1.29, 1.82) is 0 Å². The zero-order chi connectivity index (χ0) is 13.7. The Morgan fingerprint density at radius 1 is 1.26 bits per heavy atom. The molecule has 0 saturated carbocycles. The molecule has 3 nitrogen and oxygen atoms in total. The monoisotopic (exact) mass is 308 g/mol. The van der Waals surface area contributed by atoms with Gasteiger partial charge in [-0.3, -0.25) is 0 Å². The first kappa shape index (κ1) is 15.6. The summed E-state index contributed by atoms with van der Waals surface area (Å²) in [5.74, 6) is 1.87. The molecule has 1 fully saturated rings. The van der Waals surface area contributed by atoms with E-state index in [1.807, 2.05) is 0 Å². The number of alkyl halides is 2. The molecule has 4 atom stereocenters. The van der Waals surface area contributed by atoms with Gasteiger partial charge in [0.1, 0.15) is 6.10 Å². The molecule has 0 radical (unpaired) electrons. The van der Waals surface area contributed by atoms with Gasteiger partial charge in [-0.15, -0.1) is 23.2 Å². The van der Waals surface area contributed by atoms with Crippen LogP contribution in [0.1, 0.15) is 19.8 Å². The lowest BCUT2D eigenvalue weighted by Crippen LogP contribution is -2.30. The zero-order valence-electron chi connectivity index (χ0n) is 11.3. The maximum Gasteiger partial charge on any atom is 0.161 e. The molecule has 0 N–H and O–H groups in total. The topological polar surface area (TPSA) is 27.7 Å². The molecule has 0 aromatic rings. The summed E-state index contributed by atoms with van der Waals surface area (Å²) in [7, 11) is 0. The fraction of sp³-hybridized carbons (Fsp3) is 0.857. The van der Waals surface area contributed by atoms with Gasteiger partial charge in [0.25, 0.3) is 0 Å². The van der Waals surface area contributed by atoms with E-state index >= 15 is 0 Å². The average molecular weight is 309 g/mol. The molecule has 5 heteroatoms. The number of ether oxygens (including phenoxy) is 3. The molecule has 110 valence electrons. The second-order valence-electron chi connectivity index (χ2n) is 5.31. The fourth-order valence-corrected chi connectivity index (χ4v) is 3.01. The van der Waals surface area contributed by atoms with Gasteiger partial charge in [0.2, 0.25) is 0 Å². The normalized spacial score (nSPS) is 35.2. The lowest BCUT2D eigenvalue weighted by Gasteiger charge is -2.29. The summed E-state index contributed by atoms with van der Waals surface area (Å²) in [6.45, 7) is 3.34.